The van der Waals surface area contributed by atoms with Crippen LogP contribution in [0.3, 0.4) is 0 Å². The number of esters is 2. The fraction of sp³-hybridized carbons (Fsp3) is 0.185. The van der Waals surface area contributed by atoms with Crippen LogP contribution in [0.15, 0.2) is 91.0 Å². The van der Waals surface area contributed by atoms with Gasteiger partial charge in [0, 0.05) is 16.3 Å². The molecule has 0 bridgehead atoms. The van der Waals surface area contributed by atoms with Crippen molar-refractivity contribution < 1.29 is 35.9 Å². The van der Waals surface area contributed by atoms with Gasteiger partial charge in [-0.2, -0.15) is 0 Å². The summed E-state index contributed by atoms with van der Waals surface area (Å²) in [6, 6.07) is 18.3. The number of ether oxygens (including phenoxy) is 2. The minimum Gasteiger partial charge on any atom is -0.465 e. The quantitative estimate of drug-likeness (QED) is 0.253. The minimum atomic E-state index is -3.64. The smallest absolute Gasteiger partial charge is 0.337 e. The second-order valence-corrected chi connectivity index (χ2v) is 14.7. The van der Waals surface area contributed by atoms with Gasteiger partial charge in [0.2, 0.25) is 19.7 Å². The summed E-state index contributed by atoms with van der Waals surface area (Å²) in [5, 5.41) is 0. The van der Waals surface area contributed by atoms with E-state index in [2.05, 4.69) is 9.47 Å². The van der Waals surface area contributed by atoms with Crippen molar-refractivity contribution in [2.24, 2.45) is 5.73 Å². The summed E-state index contributed by atoms with van der Waals surface area (Å²) in [7, 11) is -4.71. The van der Waals surface area contributed by atoms with E-state index < -0.39 is 31.6 Å². The molecule has 2 heterocycles. The molecule has 0 aliphatic rings. The van der Waals surface area contributed by atoms with Gasteiger partial charge in [-0.05, 0) is 67.1 Å². The van der Waals surface area contributed by atoms with Crippen LogP contribution in [0.1, 0.15) is 37.4 Å². The largest absolute Gasteiger partial charge is 0.465 e. The number of carbonyl (C=O) groups is 2. The molecule has 41 heavy (non-hydrogen) atoms. The molecular formula is C27H28ClNO8S4. The number of halogens is 1. The van der Waals surface area contributed by atoms with Gasteiger partial charge >= 0.3 is 11.9 Å². The normalized spacial score (nSPS) is 11.0. The van der Waals surface area contributed by atoms with Crippen LogP contribution in [0.5, 0.6) is 0 Å². The van der Waals surface area contributed by atoms with Crippen molar-refractivity contribution in [1.29, 1.82) is 0 Å². The number of hydrogen-bond acceptors (Lipinski definition) is 11. The monoisotopic (exact) mass is 657 g/mol. The van der Waals surface area contributed by atoms with Gasteiger partial charge < -0.3 is 15.2 Å². The minimum absolute atomic E-state index is 0. The third-order valence-corrected chi connectivity index (χ3v) is 12.3. The van der Waals surface area contributed by atoms with Crippen LogP contribution in [-0.2, 0) is 42.1 Å². The summed E-state index contributed by atoms with van der Waals surface area (Å²) in [5.74, 6) is -1.13. The highest BCUT2D eigenvalue weighted by Gasteiger charge is 2.22. The highest BCUT2D eigenvalue weighted by atomic mass is 35.5. The standard InChI is InChI=1S/C14H14O4S2.C13H13NO4S2.ClH/c1-3-11-7-8-13(19-11)20(16,17)12-6-4-5-10(9-12)14(15)18-2;1-18-13(15)9-3-2-4-11(7-9)20(16,17)12-6-5-10(8-14)19-12;/h4-9H,3H2,1-2H3;2-7H,8,14H2,1H3;1H. The van der Waals surface area contributed by atoms with Gasteiger partial charge in [0.15, 0.2) is 0 Å². The zero-order valence-corrected chi connectivity index (χ0v) is 26.3. The Kier molecular flexibility index (Phi) is 12.2. The number of sulfone groups is 2. The number of aryl methyl sites for hydroxylation is 1. The average molecular weight is 658 g/mol. The molecule has 0 fully saturated rings. The Morgan fingerprint density at radius 3 is 1.46 bits per heavy atom. The Morgan fingerprint density at radius 1 is 0.707 bits per heavy atom. The molecule has 2 aromatic heterocycles. The van der Waals surface area contributed by atoms with E-state index in [-0.39, 0.29) is 41.7 Å². The Bertz CT molecular complexity index is 1600. The molecule has 0 aliphatic heterocycles. The average Bonchev–Trinajstić information content (AvgIpc) is 3.68. The molecule has 0 atom stereocenters. The number of hydrogen-bond donors (Lipinski definition) is 1. The summed E-state index contributed by atoms with van der Waals surface area (Å²) in [6.07, 6.45) is 0.794. The summed E-state index contributed by atoms with van der Waals surface area (Å²) in [6.45, 7) is 2.27. The van der Waals surface area contributed by atoms with Crippen molar-refractivity contribution in [3.05, 3.63) is 93.7 Å². The fourth-order valence-corrected chi connectivity index (χ4v) is 8.78. The maximum atomic E-state index is 12.5. The number of nitrogens with two attached hydrogens (primary N) is 1. The maximum Gasteiger partial charge on any atom is 0.337 e. The van der Waals surface area contributed by atoms with Crippen molar-refractivity contribution >= 4 is 66.7 Å². The predicted molar refractivity (Wildman–Crippen MR) is 160 cm³/mol. The van der Waals surface area contributed by atoms with E-state index in [1.807, 2.05) is 13.0 Å². The molecule has 4 rings (SSSR count). The molecule has 9 nitrogen and oxygen atoms in total. The summed E-state index contributed by atoms with van der Waals surface area (Å²) >= 11 is 2.38. The topological polar surface area (TPSA) is 147 Å². The second kappa shape index (κ2) is 14.7. The van der Waals surface area contributed by atoms with E-state index in [9.17, 15) is 26.4 Å². The molecule has 2 N–H and O–H groups in total. The van der Waals surface area contributed by atoms with Crippen molar-refractivity contribution in [2.75, 3.05) is 14.2 Å². The Morgan fingerprint density at radius 2 is 1.12 bits per heavy atom. The van der Waals surface area contributed by atoms with Crippen LogP contribution < -0.4 is 5.73 Å². The maximum absolute atomic E-state index is 12.5. The number of benzene rings is 2. The van der Waals surface area contributed by atoms with E-state index in [1.165, 1.54) is 80.2 Å². The first-order valence-electron chi connectivity index (χ1n) is 11.7. The molecular weight excluding hydrogens is 630 g/mol. The molecule has 2 aromatic carbocycles. The van der Waals surface area contributed by atoms with Gasteiger partial charge in [-0.1, -0.05) is 19.1 Å². The van der Waals surface area contributed by atoms with E-state index in [4.69, 9.17) is 5.73 Å². The lowest BCUT2D eigenvalue weighted by Gasteiger charge is -2.04. The molecule has 4 aromatic rings. The molecule has 0 amide bonds. The van der Waals surface area contributed by atoms with Crippen molar-refractivity contribution in [3.63, 3.8) is 0 Å². The lowest BCUT2D eigenvalue weighted by molar-refractivity contribution is 0.0591. The van der Waals surface area contributed by atoms with Crippen molar-refractivity contribution in [2.45, 2.75) is 38.1 Å². The Balaban J connectivity index is 0.000000280. The zero-order valence-electron chi connectivity index (χ0n) is 22.2. The lowest BCUT2D eigenvalue weighted by atomic mass is 10.2. The number of carbonyl (C=O) groups excluding carboxylic acids is 2. The third kappa shape index (κ3) is 8.03. The molecule has 0 unspecified atom stereocenters. The lowest BCUT2D eigenvalue weighted by Crippen LogP contribution is -2.05. The van der Waals surface area contributed by atoms with Gasteiger partial charge in [0.05, 0.1) is 35.1 Å². The van der Waals surface area contributed by atoms with Crippen LogP contribution in [0.25, 0.3) is 0 Å². The predicted octanol–water partition coefficient (Wildman–Crippen LogP) is 5.18. The van der Waals surface area contributed by atoms with E-state index >= 15 is 0 Å². The Labute approximate surface area is 253 Å². The summed E-state index contributed by atoms with van der Waals surface area (Å²) < 4.78 is 59.5. The zero-order chi connectivity index (χ0) is 29.5. The van der Waals surface area contributed by atoms with E-state index in [0.29, 0.717) is 6.54 Å². The highest BCUT2D eigenvalue weighted by Crippen LogP contribution is 2.29. The molecule has 14 heteroatoms. The first-order valence-corrected chi connectivity index (χ1v) is 16.3. The van der Waals surface area contributed by atoms with Crippen LogP contribution >= 0.6 is 35.1 Å². The van der Waals surface area contributed by atoms with Gasteiger partial charge in [-0.3, -0.25) is 0 Å². The van der Waals surface area contributed by atoms with Crippen LogP contribution in [0.4, 0.5) is 0 Å². The fourth-order valence-electron chi connectivity index (χ4n) is 3.35. The molecule has 0 saturated carbocycles. The van der Waals surface area contributed by atoms with Crippen LogP contribution in [0.2, 0.25) is 0 Å². The molecule has 0 radical (unpaired) electrons. The highest BCUT2D eigenvalue weighted by molar-refractivity contribution is 7.93. The third-order valence-electron chi connectivity index (χ3n) is 5.48. The van der Waals surface area contributed by atoms with Crippen molar-refractivity contribution in [3.8, 4) is 0 Å². The van der Waals surface area contributed by atoms with Gasteiger partial charge in [-0.15, -0.1) is 35.1 Å². The SMILES string of the molecule is CCc1ccc(S(=O)(=O)c2cccc(C(=O)OC)c2)s1.COC(=O)c1cccc(S(=O)(=O)c2ccc(CN)s2)c1.Cl. The molecule has 0 spiro atoms. The van der Waals surface area contributed by atoms with Gasteiger partial charge in [0.25, 0.3) is 0 Å². The van der Waals surface area contributed by atoms with Crippen LogP contribution in [-0.4, -0.2) is 43.0 Å². The van der Waals surface area contributed by atoms with Gasteiger partial charge in [-0.25, -0.2) is 26.4 Å². The molecule has 220 valence electrons. The van der Waals surface area contributed by atoms with Crippen molar-refractivity contribution in [1.82, 2.24) is 0 Å². The second-order valence-electron chi connectivity index (χ2n) is 8.04. The van der Waals surface area contributed by atoms with E-state index in [0.717, 1.165) is 27.5 Å². The summed E-state index contributed by atoms with van der Waals surface area (Å²) in [5.41, 5.74) is 5.90. The number of methoxy groups -OCH3 is 2. The molecule has 0 saturated heterocycles. The van der Waals surface area contributed by atoms with Gasteiger partial charge in [0.1, 0.15) is 8.42 Å². The van der Waals surface area contributed by atoms with Crippen LogP contribution in [0, 0.1) is 0 Å². The molecule has 0 aliphatic carbocycles. The number of rotatable bonds is 8. The summed E-state index contributed by atoms with van der Waals surface area (Å²) in [4.78, 5) is 24.9. The van der Waals surface area contributed by atoms with E-state index in [1.54, 1.807) is 12.1 Å². The number of thiophene rings is 2. The Hall–Kier alpha value is -3.07. The first kappa shape index (κ1) is 34.1. The first-order chi connectivity index (χ1) is 19.0.